The van der Waals surface area contributed by atoms with Crippen molar-refractivity contribution in [2.24, 2.45) is 0 Å². The average molecular weight is 459 g/mol. The van der Waals surface area contributed by atoms with Crippen molar-refractivity contribution in [2.45, 2.75) is 13.1 Å². The average Bonchev–Trinajstić information content (AvgIpc) is 2.77. The van der Waals surface area contributed by atoms with E-state index in [9.17, 15) is 13.2 Å². The van der Waals surface area contributed by atoms with E-state index >= 15 is 0 Å². The number of hydrogen-bond donors (Lipinski definition) is 2. The van der Waals surface area contributed by atoms with Crippen LogP contribution in [0.15, 0.2) is 61.1 Å². The first kappa shape index (κ1) is 21.6. The zero-order chi connectivity index (χ0) is 22.9. The Morgan fingerprint density at radius 3 is 2.50 bits per heavy atom. The van der Waals surface area contributed by atoms with Gasteiger partial charge >= 0.3 is 6.18 Å². The number of pyridine rings is 1. The molecule has 4 rings (SSSR count). The minimum Gasteiger partial charge on any atom is -0.393 e. The Kier molecular flexibility index (Phi) is 5.75. The summed E-state index contributed by atoms with van der Waals surface area (Å²) in [5, 5.41) is 4.70. The molecule has 0 spiro atoms. The van der Waals surface area contributed by atoms with Gasteiger partial charge in [0.05, 0.1) is 16.3 Å². The second-order valence-electron chi connectivity index (χ2n) is 6.88. The van der Waals surface area contributed by atoms with Gasteiger partial charge in [-0.05, 0) is 24.4 Å². The van der Waals surface area contributed by atoms with Crippen LogP contribution in [0, 0.1) is 0 Å². The van der Waals surface area contributed by atoms with Gasteiger partial charge in [0.15, 0.2) is 11.6 Å². The normalized spacial score (nSPS) is 11.5. The minimum atomic E-state index is -4.55. The first-order valence-corrected chi connectivity index (χ1v) is 10.0. The molecule has 0 aliphatic heterocycles. The van der Waals surface area contributed by atoms with Gasteiger partial charge in [0, 0.05) is 18.1 Å². The third kappa shape index (κ3) is 4.11. The maximum atomic E-state index is 12.9. The van der Waals surface area contributed by atoms with Crippen LogP contribution in [0.3, 0.4) is 0 Å². The van der Waals surface area contributed by atoms with E-state index in [1.54, 1.807) is 0 Å². The van der Waals surface area contributed by atoms with E-state index in [4.69, 9.17) is 17.3 Å². The quantitative estimate of drug-likeness (QED) is 0.371. The summed E-state index contributed by atoms with van der Waals surface area (Å²) in [4.78, 5) is 14.2. The third-order valence-corrected chi connectivity index (χ3v) is 5.19. The lowest BCUT2D eigenvalue weighted by Crippen LogP contribution is -2.20. The SMILES string of the molecule is CCN(c1ncnc(Nc2ncc(C(F)(F)F)cc2Cl)c1N)c1cccc2ccccc12. The van der Waals surface area contributed by atoms with Crippen molar-refractivity contribution < 1.29 is 13.2 Å². The van der Waals surface area contributed by atoms with E-state index in [-0.39, 0.29) is 22.3 Å². The fraction of sp³-hybridized carbons (Fsp3) is 0.136. The molecule has 164 valence electrons. The molecule has 0 amide bonds. The molecule has 0 aliphatic carbocycles. The van der Waals surface area contributed by atoms with Crippen molar-refractivity contribution in [1.82, 2.24) is 15.0 Å². The van der Waals surface area contributed by atoms with E-state index in [2.05, 4.69) is 20.3 Å². The summed E-state index contributed by atoms with van der Waals surface area (Å²) in [5.74, 6) is 0.636. The summed E-state index contributed by atoms with van der Waals surface area (Å²) in [5.41, 5.74) is 6.53. The first-order valence-electron chi connectivity index (χ1n) is 9.65. The number of nitrogens with two attached hydrogens (primary N) is 1. The highest BCUT2D eigenvalue weighted by atomic mass is 35.5. The summed E-state index contributed by atoms with van der Waals surface area (Å²) in [6.45, 7) is 2.53. The number of benzene rings is 2. The number of hydrogen-bond acceptors (Lipinski definition) is 6. The van der Waals surface area contributed by atoms with Gasteiger partial charge in [-0.2, -0.15) is 13.2 Å². The summed E-state index contributed by atoms with van der Waals surface area (Å²) in [7, 11) is 0. The van der Waals surface area contributed by atoms with Crippen molar-refractivity contribution >= 4 is 51.2 Å². The van der Waals surface area contributed by atoms with Gasteiger partial charge in [-0.15, -0.1) is 0 Å². The van der Waals surface area contributed by atoms with Crippen LogP contribution in [-0.4, -0.2) is 21.5 Å². The Balaban J connectivity index is 1.72. The second-order valence-corrected chi connectivity index (χ2v) is 7.29. The number of nitrogen functional groups attached to an aromatic ring is 1. The zero-order valence-corrected chi connectivity index (χ0v) is 17.6. The van der Waals surface area contributed by atoms with Gasteiger partial charge in [0.2, 0.25) is 0 Å². The van der Waals surface area contributed by atoms with E-state index in [0.29, 0.717) is 18.6 Å². The molecular formula is C22H18ClF3N6. The Labute approximate surface area is 186 Å². The maximum Gasteiger partial charge on any atom is 0.417 e. The molecule has 32 heavy (non-hydrogen) atoms. The molecule has 0 aliphatic rings. The van der Waals surface area contributed by atoms with E-state index in [1.165, 1.54) is 6.33 Å². The zero-order valence-electron chi connectivity index (χ0n) is 16.9. The molecule has 0 radical (unpaired) electrons. The third-order valence-electron chi connectivity index (χ3n) is 4.90. The topological polar surface area (TPSA) is 80.0 Å². The summed E-state index contributed by atoms with van der Waals surface area (Å²) >= 11 is 6.01. The first-order chi connectivity index (χ1) is 15.3. The molecule has 0 bridgehead atoms. The highest BCUT2D eigenvalue weighted by Gasteiger charge is 2.31. The summed E-state index contributed by atoms with van der Waals surface area (Å²) in [6.07, 6.45) is -2.53. The molecule has 10 heteroatoms. The number of halogens is 4. The number of fused-ring (bicyclic) bond motifs is 1. The molecule has 2 aromatic carbocycles. The molecule has 0 saturated heterocycles. The molecule has 0 atom stereocenters. The van der Waals surface area contributed by atoms with Gasteiger partial charge in [-0.3, -0.25) is 0 Å². The van der Waals surface area contributed by atoms with Crippen molar-refractivity contribution in [3.63, 3.8) is 0 Å². The lowest BCUT2D eigenvalue weighted by molar-refractivity contribution is -0.137. The van der Waals surface area contributed by atoms with Crippen molar-refractivity contribution in [3.8, 4) is 0 Å². The van der Waals surface area contributed by atoms with Gasteiger partial charge in [-0.1, -0.05) is 48.0 Å². The molecule has 2 aromatic heterocycles. The second kappa shape index (κ2) is 8.51. The van der Waals surface area contributed by atoms with Crippen molar-refractivity contribution in [2.75, 3.05) is 22.5 Å². The summed E-state index contributed by atoms with van der Waals surface area (Å²) in [6, 6.07) is 14.7. The molecule has 6 nitrogen and oxygen atoms in total. The molecule has 3 N–H and O–H groups in total. The Morgan fingerprint density at radius 1 is 1.03 bits per heavy atom. The van der Waals surface area contributed by atoms with Crippen LogP contribution >= 0.6 is 11.6 Å². The fourth-order valence-corrected chi connectivity index (χ4v) is 3.59. The lowest BCUT2D eigenvalue weighted by atomic mass is 10.1. The maximum absolute atomic E-state index is 12.9. The number of rotatable bonds is 5. The van der Waals surface area contributed by atoms with Crippen LogP contribution in [0.4, 0.5) is 42.0 Å². The van der Waals surface area contributed by atoms with Gasteiger partial charge < -0.3 is 16.0 Å². The number of nitrogens with zero attached hydrogens (tertiary/aromatic N) is 4. The highest BCUT2D eigenvalue weighted by Crippen LogP contribution is 2.37. The Morgan fingerprint density at radius 2 is 1.78 bits per heavy atom. The van der Waals surface area contributed by atoms with Crippen molar-refractivity contribution in [1.29, 1.82) is 0 Å². The summed E-state index contributed by atoms with van der Waals surface area (Å²) < 4.78 is 38.6. The monoisotopic (exact) mass is 458 g/mol. The predicted molar refractivity (Wildman–Crippen MR) is 121 cm³/mol. The van der Waals surface area contributed by atoms with Crippen LogP contribution in [0.25, 0.3) is 10.8 Å². The van der Waals surface area contributed by atoms with Crippen LogP contribution in [-0.2, 0) is 6.18 Å². The predicted octanol–water partition coefficient (Wildman–Crippen LogP) is 6.18. The van der Waals surface area contributed by atoms with Crippen LogP contribution in [0.1, 0.15) is 12.5 Å². The van der Waals surface area contributed by atoms with E-state index < -0.39 is 11.7 Å². The molecule has 0 fully saturated rings. The standard InChI is InChI=1S/C22H18ClF3N6/c1-2-32(17-9-5-7-13-6-3-4-8-15(13)17)21-18(27)20(29-12-30-21)31-19-16(23)10-14(11-28-19)22(24,25)26/h3-12H,2,27H2,1H3,(H,28,29,30,31). The number of nitrogens with one attached hydrogen (secondary N) is 1. The lowest BCUT2D eigenvalue weighted by Gasteiger charge is -2.25. The van der Waals surface area contributed by atoms with Gasteiger partial charge in [0.25, 0.3) is 0 Å². The van der Waals surface area contributed by atoms with Crippen LogP contribution in [0.5, 0.6) is 0 Å². The Bertz CT molecular complexity index is 1270. The minimum absolute atomic E-state index is 0.00391. The van der Waals surface area contributed by atoms with Gasteiger partial charge in [-0.25, -0.2) is 15.0 Å². The number of alkyl halides is 3. The number of anilines is 5. The smallest absolute Gasteiger partial charge is 0.393 e. The highest BCUT2D eigenvalue weighted by molar-refractivity contribution is 6.33. The number of aromatic nitrogens is 3. The molecule has 0 unspecified atom stereocenters. The largest absolute Gasteiger partial charge is 0.417 e. The van der Waals surface area contributed by atoms with Crippen LogP contribution < -0.4 is 16.0 Å². The molecular weight excluding hydrogens is 441 g/mol. The Hall–Kier alpha value is -3.59. The van der Waals surface area contributed by atoms with Gasteiger partial charge in [0.1, 0.15) is 17.8 Å². The van der Waals surface area contributed by atoms with Crippen molar-refractivity contribution in [3.05, 3.63) is 71.6 Å². The fourth-order valence-electron chi connectivity index (χ4n) is 3.38. The molecule has 2 heterocycles. The van der Waals surface area contributed by atoms with E-state index in [0.717, 1.165) is 22.5 Å². The van der Waals surface area contributed by atoms with E-state index in [1.807, 2.05) is 54.3 Å². The molecule has 0 saturated carbocycles. The van der Waals surface area contributed by atoms with Crippen LogP contribution in [0.2, 0.25) is 5.02 Å². The molecule has 4 aromatic rings.